The van der Waals surface area contributed by atoms with E-state index >= 15 is 0 Å². The molecule has 4 aromatic rings. The van der Waals surface area contributed by atoms with E-state index < -0.39 is 5.60 Å². The van der Waals surface area contributed by atoms with Crippen LogP contribution in [0.2, 0.25) is 0 Å². The number of carbonyl (C=O) groups excluding carboxylic acids is 1. The van der Waals surface area contributed by atoms with Crippen LogP contribution in [0.25, 0.3) is 22.0 Å². The SMILES string of the molecule is CC(C)(C)OC(=O)N1CCN(c2ccccc2-c2ccc(Cn3ccc4cc(F)ccc43)cc2)CC1. The van der Waals surface area contributed by atoms with E-state index in [4.69, 9.17) is 4.74 Å². The molecular formula is C30H32FN3O2. The molecule has 0 bridgehead atoms. The zero-order chi connectivity index (χ0) is 25.3. The van der Waals surface area contributed by atoms with E-state index in [0.717, 1.165) is 36.1 Å². The highest BCUT2D eigenvalue weighted by Gasteiger charge is 2.26. The van der Waals surface area contributed by atoms with E-state index in [1.54, 1.807) is 11.0 Å². The van der Waals surface area contributed by atoms with Gasteiger partial charge in [0.05, 0.1) is 0 Å². The molecule has 6 heteroatoms. The molecule has 1 aliphatic heterocycles. The molecule has 0 radical (unpaired) electrons. The minimum atomic E-state index is -0.487. The zero-order valence-corrected chi connectivity index (χ0v) is 21.1. The number of fused-ring (bicyclic) bond motifs is 1. The number of hydrogen-bond donors (Lipinski definition) is 0. The Morgan fingerprint density at radius 2 is 1.64 bits per heavy atom. The van der Waals surface area contributed by atoms with Crippen molar-refractivity contribution >= 4 is 22.7 Å². The molecule has 1 fully saturated rings. The molecule has 5 rings (SSSR count). The lowest BCUT2D eigenvalue weighted by atomic mass is 10.0. The van der Waals surface area contributed by atoms with Crippen molar-refractivity contribution in [2.75, 3.05) is 31.1 Å². The molecule has 0 saturated carbocycles. The summed E-state index contributed by atoms with van der Waals surface area (Å²) in [6.45, 7) is 9.20. The van der Waals surface area contributed by atoms with Gasteiger partial charge in [-0.15, -0.1) is 0 Å². The molecule has 0 aliphatic carbocycles. The maximum absolute atomic E-state index is 13.5. The van der Waals surface area contributed by atoms with Gasteiger partial charge in [-0.1, -0.05) is 42.5 Å². The predicted octanol–water partition coefficient (Wildman–Crippen LogP) is 6.55. The summed E-state index contributed by atoms with van der Waals surface area (Å²) in [5.41, 5.74) is 5.23. The second-order valence-corrected chi connectivity index (χ2v) is 10.3. The number of aromatic nitrogens is 1. The Kier molecular flexibility index (Phi) is 6.44. The number of amides is 1. The molecule has 0 N–H and O–H groups in total. The van der Waals surface area contributed by atoms with Crippen molar-refractivity contribution in [2.24, 2.45) is 0 Å². The molecule has 0 unspecified atom stereocenters. The van der Waals surface area contributed by atoms with Crippen molar-refractivity contribution in [3.05, 3.63) is 90.4 Å². The van der Waals surface area contributed by atoms with Crippen molar-refractivity contribution in [2.45, 2.75) is 32.9 Å². The van der Waals surface area contributed by atoms with Crippen LogP contribution in [0.4, 0.5) is 14.9 Å². The average Bonchev–Trinajstić information content (AvgIpc) is 3.25. The quantitative estimate of drug-likeness (QED) is 0.329. The summed E-state index contributed by atoms with van der Waals surface area (Å²) in [7, 11) is 0. The number of hydrogen-bond acceptors (Lipinski definition) is 3. The van der Waals surface area contributed by atoms with Crippen LogP contribution >= 0.6 is 0 Å². The van der Waals surface area contributed by atoms with Crippen LogP contribution in [0.5, 0.6) is 0 Å². The molecule has 0 atom stereocenters. The minimum Gasteiger partial charge on any atom is -0.444 e. The van der Waals surface area contributed by atoms with Gasteiger partial charge in [0.15, 0.2) is 0 Å². The van der Waals surface area contributed by atoms with Crippen LogP contribution in [0, 0.1) is 5.82 Å². The number of benzene rings is 3. The Hall–Kier alpha value is -3.80. The summed E-state index contributed by atoms with van der Waals surface area (Å²) in [4.78, 5) is 16.6. The Balaban J connectivity index is 1.29. The van der Waals surface area contributed by atoms with Gasteiger partial charge in [-0.05, 0) is 62.2 Å². The van der Waals surface area contributed by atoms with Gasteiger partial charge in [0.25, 0.3) is 0 Å². The highest BCUT2D eigenvalue weighted by atomic mass is 19.1. The first-order chi connectivity index (χ1) is 17.3. The van der Waals surface area contributed by atoms with Gasteiger partial charge >= 0.3 is 6.09 Å². The van der Waals surface area contributed by atoms with E-state index in [0.29, 0.717) is 13.1 Å². The first kappa shape index (κ1) is 23.9. The molecule has 36 heavy (non-hydrogen) atoms. The molecule has 1 amide bonds. The highest BCUT2D eigenvalue weighted by Crippen LogP contribution is 2.32. The Morgan fingerprint density at radius 1 is 0.917 bits per heavy atom. The van der Waals surface area contributed by atoms with E-state index in [2.05, 4.69) is 58.0 Å². The summed E-state index contributed by atoms with van der Waals surface area (Å²) in [6, 6.07) is 23.9. The van der Waals surface area contributed by atoms with Gasteiger partial charge in [-0.25, -0.2) is 9.18 Å². The fourth-order valence-corrected chi connectivity index (χ4v) is 4.75. The summed E-state index contributed by atoms with van der Waals surface area (Å²) < 4.78 is 21.2. The highest BCUT2D eigenvalue weighted by molar-refractivity contribution is 5.81. The van der Waals surface area contributed by atoms with Crippen molar-refractivity contribution in [3.63, 3.8) is 0 Å². The summed E-state index contributed by atoms with van der Waals surface area (Å²) in [5, 5.41) is 0.910. The van der Waals surface area contributed by atoms with Crippen molar-refractivity contribution in [1.29, 1.82) is 0 Å². The van der Waals surface area contributed by atoms with Gasteiger partial charge in [-0.3, -0.25) is 0 Å². The smallest absolute Gasteiger partial charge is 0.410 e. The third-order valence-corrected chi connectivity index (χ3v) is 6.53. The number of para-hydroxylation sites is 1. The number of halogens is 1. The van der Waals surface area contributed by atoms with Crippen LogP contribution in [-0.4, -0.2) is 47.3 Å². The van der Waals surface area contributed by atoms with Crippen LogP contribution in [-0.2, 0) is 11.3 Å². The Morgan fingerprint density at radius 3 is 2.36 bits per heavy atom. The topological polar surface area (TPSA) is 37.7 Å². The molecule has 1 aromatic heterocycles. The molecular weight excluding hydrogens is 453 g/mol. The molecule has 1 aliphatic rings. The molecule has 186 valence electrons. The third-order valence-electron chi connectivity index (χ3n) is 6.53. The third kappa shape index (κ3) is 5.23. The number of nitrogens with zero attached hydrogens (tertiary/aromatic N) is 3. The van der Waals surface area contributed by atoms with Crippen molar-refractivity contribution in [3.8, 4) is 11.1 Å². The fraction of sp³-hybridized carbons (Fsp3) is 0.300. The lowest BCUT2D eigenvalue weighted by Crippen LogP contribution is -2.50. The second-order valence-electron chi connectivity index (χ2n) is 10.3. The molecule has 5 nitrogen and oxygen atoms in total. The van der Waals surface area contributed by atoms with Gasteiger partial charge in [0.1, 0.15) is 11.4 Å². The molecule has 3 aromatic carbocycles. The van der Waals surface area contributed by atoms with Gasteiger partial charge < -0.3 is 19.1 Å². The van der Waals surface area contributed by atoms with Crippen LogP contribution in [0.3, 0.4) is 0 Å². The molecule has 2 heterocycles. The maximum atomic E-state index is 13.5. The largest absolute Gasteiger partial charge is 0.444 e. The molecule has 0 spiro atoms. The maximum Gasteiger partial charge on any atom is 0.410 e. The van der Waals surface area contributed by atoms with Crippen molar-refractivity contribution in [1.82, 2.24) is 9.47 Å². The minimum absolute atomic E-state index is 0.213. The first-order valence-electron chi connectivity index (χ1n) is 12.4. The summed E-state index contributed by atoms with van der Waals surface area (Å²) >= 11 is 0. The number of piperazine rings is 1. The van der Waals surface area contributed by atoms with E-state index in [9.17, 15) is 9.18 Å². The van der Waals surface area contributed by atoms with E-state index in [1.807, 2.05) is 39.1 Å². The Bertz CT molecular complexity index is 1360. The van der Waals surface area contributed by atoms with E-state index in [1.165, 1.54) is 22.9 Å². The molecule has 1 saturated heterocycles. The summed E-state index contributed by atoms with van der Waals surface area (Å²) in [5.74, 6) is -0.213. The van der Waals surface area contributed by atoms with Crippen molar-refractivity contribution < 1.29 is 13.9 Å². The van der Waals surface area contributed by atoms with Crippen LogP contribution in [0.15, 0.2) is 79.0 Å². The number of ether oxygens (including phenoxy) is 1. The normalized spacial score (nSPS) is 14.3. The number of rotatable bonds is 4. The Labute approximate surface area is 211 Å². The number of carbonyl (C=O) groups is 1. The van der Waals surface area contributed by atoms with Gasteiger partial charge in [0.2, 0.25) is 0 Å². The lowest BCUT2D eigenvalue weighted by Gasteiger charge is -2.37. The first-order valence-corrected chi connectivity index (χ1v) is 12.4. The standard InChI is InChI=1S/C30H32FN3O2/c1-30(2,3)36-29(35)33-18-16-32(17-19-33)28-7-5-4-6-26(28)23-10-8-22(9-11-23)21-34-15-14-24-20-25(31)12-13-27(24)34/h4-15,20H,16-19,21H2,1-3H3. The van der Waals surface area contributed by atoms with Crippen LogP contribution < -0.4 is 4.90 Å². The van der Waals surface area contributed by atoms with E-state index in [-0.39, 0.29) is 11.9 Å². The van der Waals surface area contributed by atoms with Gasteiger partial charge in [-0.2, -0.15) is 0 Å². The number of anilines is 1. The average molecular weight is 486 g/mol. The van der Waals surface area contributed by atoms with Gasteiger partial charge in [0, 0.05) is 61.1 Å². The van der Waals surface area contributed by atoms with Crippen LogP contribution in [0.1, 0.15) is 26.3 Å². The zero-order valence-electron chi connectivity index (χ0n) is 21.1. The predicted molar refractivity (Wildman–Crippen MR) is 143 cm³/mol. The summed E-state index contributed by atoms with van der Waals surface area (Å²) in [6.07, 6.45) is 1.76. The monoisotopic (exact) mass is 485 g/mol. The second kappa shape index (κ2) is 9.69. The fourth-order valence-electron chi connectivity index (χ4n) is 4.75. The lowest BCUT2D eigenvalue weighted by molar-refractivity contribution is 0.0240.